The van der Waals surface area contributed by atoms with Crippen molar-refractivity contribution in [2.45, 2.75) is 31.9 Å². The van der Waals surface area contributed by atoms with Gasteiger partial charge in [-0.1, -0.05) is 11.6 Å². The largest absolute Gasteiger partial charge is 0.418 e. The predicted molar refractivity (Wildman–Crippen MR) is 87.5 cm³/mol. The number of allylic oxidation sites excluding steroid dienone is 1. The van der Waals surface area contributed by atoms with Crippen molar-refractivity contribution in [1.82, 2.24) is 9.97 Å². The third-order valence-corrected chi connectivity index (χ3v) is 4.03. The number of rotatable bonds is 4. The maximum Gasteiger partial charge on any atom is 0.418 e. The summed E-state index contributed by atoms with van der Waals surface area (Å²) >= 11 is 0. The molecule has 3 rings (SSSR count). The van der Waals surface area contributed by atoms with Crippen LogP contribution >= 0.6 is 0 Å². The summed E-state index contributed by atoms with van der Waals surface area (Å²) in [4.78, 5) is 8.09. The fraction of sp³-hybridized carbons (Fsp3) is 0.333. The SMILES string of the molecule is FC(F)(F)c1cccnc1-c1ccc(NCC2=CCCCC2)nc1. The van der Waals surface area contributed by atoms with Gasteiger partial charge in [-0.3, -0.25) is 4.98 Å². The van der Waals surface area contributed by atoms with Crippen LogP contribution in [0.2, 0.25) is 0 Å². The fourth-order valence-corrected chi connectivity index (χ4v) is 2.77. The first-order valence-corrected chi connectivity index (χ1v) is 7.94. The molecule has 0 saturated heterocycles. The van der Waals surface area contributed by atoms with Crippen LogP contribution in [0, 0.1) is 0 Å². The van der Waals surface area contributed by atoms with Crippen LogP contribution in [0.5, 0.6) is 0 Å². The molecule has 2 heterocycles. The molecule has 0 amide bonds. The Morgan fingerprint density at radius 1 is 1.08 bits per heavy atom. The van der Waals surface area contributed by atoms with Crippen LogP contribution in [0.3, 0.4) is 0 Å². The Balaban J connectivity index is 1.74. The summed E-state index contributed by atoms with van der Waals surface area (Å²) in [6, 6.07) is 5.62. The van der Waals surface area contributed by atoms with Gasteiger partial charge >= 0.3 is 6.18 Å². The summed E-state index contributed by atoms with van der Waals surface area (Å²) in [5, 5.41) is 3.22. The van der Waals surface area contributed by atoms with Crippen molar-refractivity contribution in [3.63, 3.8) is 0 Å². The van der Waals surface area contributed by atoms with E-state index >= 15 is 0 Å². The molecule has 0 aromatic carbocycles. The molecular weight excluding hydrogens is 315 g/mol. The van der Waals surface area contributed by atoms with Gasteiger partial charge in [-0.2, -0.15) is 13.2 Å². The highest BCUT2D eigenvalue weighted by Crippen LogP contribution is 2.35. The van der Waals surface area contributed by atoms with E-state index in [1.165, 1.54) is 36.9 Å². The zero-order chi connectivity index (χ0) is 17.0. The summed E-state index contributed by atoms with van der Waals surface area (Å²) in [6.45, 7) is 0.726. The van der Waals surface area contributed by atoms with Crippen LogP contribution in [-0.4, -0.2) is 16.5 Å². The lowest BCUT2D eigenvalue weighted by Gasteiger charge is -2.14. The first-order valence-electron chi connectivity index (χ1n) is 7.94. The molecule has 126 valence electrons. The third-order valence-electron chi connectivity index (χ3n) is 4.03. The molecule has 2 aromatic rings. The van der Waals surface area contributed by atoms with E-state index in [1.54, 1.807) is 12.1 Å². The Morgan fingerprint density at radius 2 is 1.96 bits per heavy atom. The second kappa shape index (κ2) is 7.03. The molecule has 1 aliphatic rings. The second-order valence-electron chi connectivity index (χ2n) is 5.79. The number of hydrogen-bond acceptors (Lipinski definition) is 3. The van der Waals surface area contributed by atoms with Crippen molar-refractivity contribution in [2.75, 3.05) is 11.9 Å². The lowest BCUT2D eigenvalue weighted by molar-refractivity contribution is -0.137. The molecule has 0 spiro atoms. The summed E-state index contributed by atoms with van der Waals surface area (Å²) in [5.41, 5.74) is 0.862. The third kappa shape index (κ3) is 3.93. The number of halogens is 3. The van der Waals surface area contributed by atoms with Crippen LogP contribution in [0.15, 0.2) is 48.3 Å². The van der Waals surface area contributed by atoms with Gasteiger partial charge in [-0.25, -0.2) is 4.98 Å². The Kier molecular flexibility index (Phi) is 4.83. The molecule has 24 heavy (non-hydrogen) atoms. The van der Waals surface area contributed by atoms with Gasteiger partial charge in [0.25, 0.3) is 0 Å². The minimum Gasteiger partial charge on any atom is -0.366 e. The Morgan fingerprint density at radius 3 is 2.62 bits per heavy atom. The van der Waals surface area contributed by atoms with E-state index in [1.807, 2.05) is 0 Å². The summed E-state index contributed by atoms with van der Waals surface area (Å²) < 4.78 is 39.2. The quantitative estimate of drug-likeness (QED) is 0.793. The fourth-order valence-electron chi connectivity index (χ4n) is 2.77. The molecular formula is C18H18F3N3. The van der Waals surface area contributed by atoms with Gasteiger partial charge in [-0.05, 0) is 49.9 Å². The number of aromatic nitrogens is 2. The van der Waals surface area contributed by atoms with Crippen molar-refractivity contribution in [3.8, 4) is 11.3 Å². The van der Waals surface area contributed by atoms with E-state index in [-0.39, 0.29) is 5.69 Å². The number of anilines is 1. The number of alkyl halides is 3. The average molecular weight is 333 g/mol. The second-order valence-corrected chi connectivity index (χ2v) is 5.79. The van der Waals surface area contributed by atoms with E-state index in [0.717, 1.165) is 25.5 Å². The van der Waals surface area contributed by atoms with Gasteiger partial charge in [0.2, 0.25) is 0 Å². The van der Waals surface area contributed by atoms with Gasteiger partial charge in [0.05, 0.1) is 11.3 Å². The Labute approximate surface area is 138 Å². The van der Waals surface area contributed by atoms with Crippen LogP contribution in [0.25, 0.3) is 11.3 Å². The van der Waals surface area contributed by atoms with Crippen molar-refractivity contribution in [1.29, 1.82) is 0 Å². The van der Waals surface area contributed by atoms with Gasteiger partial charge in [0, 0.05) is 24.5 Å². The van der Waals surface area contributed by atoms with Crippen LogP contribution in [-0.2, 0) is 6.18 Å². The zero-order valence-electron chi connectivity index (χ0n) is 13.1. The molecule has 2 aromatic heterocycles. The summed E-state index contributed by atoms with van der Waals surface area (Å²) in [6.07, 6.45) is 5.24. The topological polar surface area (TPSA) is 37.8 Å². The van der Waals surface area contributed by atoms with Gasteiger partial charge < -0.3 is 5.32 Å². The standard InChI is InChI=1S/C18H18F3N3/c19-18(20,21)15-7-4-10-22-17(15)14-8-9-16(24-12-14)23-11-13-5-2-1-3-6-13/h4-5,7-10,12H,1-3,6,11H2,(H,23,24). The minimum absolute atomic E-state index is 0.0981. The molecule has 0 aliphatic heterocycles. The lowest BCUT2D eigenvalue weighted by atomic mass is 10.00. The average Bonchev–Trinajstić information content (AvgIpc) is 2.61. The Bertz CT molecular complexity index is 721. The summed E-state index contributed by atoms with van der Waals surface area (Å²) in [7, 11) is 0. The molecule has 0 unspecified atom stereocenters. The molecule has 0 radical (unpaired) electrons. The normalized spacial score (nSPS) is 15.0. The molecule has 1 aliphatic carbocycles. The van der Waals surface area contributed by atoms with E-state index < -0.39 is 11.7 Å². The zero-order valence-corrected chi connectivity index (χ0v) is 13.1. The lowest BCUT2D eigenvalue weighted by Crippen LogP contribution is -2.09. The van der Waals surface area contributed by atoms with Gasteiger partial charge in [0.15, 0.2) is 0 Å². The predicted octanol–water partition coefficient (Wildman–Crippen LogP) is 5.07. The highest BCUT2D eigenvalue weighted by molar-refractivity contribution is 5.64. The molecule has 0 fully saturated rings. The molecule has 0 bridgehead atoms. The van der Waals surface area contributed by atoms with Crippen molar-refractivity contribution in [3.05, 3.63) is 53.9 Å². The van der Waals surface area contributed by atoms with Crippen molar-refractivity contribution in [2.24, 2.45) is 0 Å². The number of nitrogens with one attached hydrogen (secondary N) is 1. The van der Waals surface area contributed by atoms with E-state index in [0.29, 0.717) is 11.4 Å². The first-order chi connectivity index (χ1) is 11.5. The first kappa shape index (κ1) is 16.5. The minimum atomic E-state index is -4.44. The van der Waals surface area contributed by atoms with E-state index in [9.17, 15) is 13.2 Å². The number of hydrogen-bond donors (Lipinski definition) is 1. The molecule has 1 N–H and O–H groups in total. The monoisotopic (exact) mass is 333 g/mol. The van der Waals surface area contributed by atoms with Crippen LogP contribution in [0.1, 0.15) is 31.2 Å². The smallest absolute Gasteiger partial charge is 0.366 e. The van der Waals surface area contributed by atoms with Crippen LogP contribution in [0.4, 0.5) is 19.0 Å². The molecule has 0 saturated carbocycles. The molecule has 0 atom stereocenters. The maximum atomic E-state index is 13.1. The summed E-state index contributed by atoms with van der Waals surface area (Å²) in [5.74, 6) is 0.648. The van der Waals surface area contributed by atoms with E-state index in [2.05, 4.69) is 21.4 Å². The van der Waals surface area contributed by atoms with Crippen molar-refractivity contribution >= 4 is 5.82 Å². The van der Waals surface area contributed by atoms with Gasteiger partial charge in [0.1, 0.15) is 5.82 Å². The van der Waals surface area contributed by atoms with Gasteiger partial charge in [-0.15, -0.1) is 0 Å². The van der Waals surface area contributed by atoms with Crippen molar-refractivity contribution < 1.29 is 13.2 Å². The maximum absolute atomic E-state index is 13.1. The highest BCUT2D eigenvalue weighted by atomic mass is 19.4. The molecule has 6 heteroatoms. The highest BCUT2D eigenvalue weighted by Gasteiger charge is 2.34. The Hall–Kier alpha value is -2.37. The number of pyridine rings is 2. The number of nitrogens with zero attached hydrogens (tertiary/aromatic N) is 2. The van der Waals surface area contributed by atoms with Crippen LogP contribution < -0.4 is 5.32 Å². The van der Waals surface area contributed by atoms with E-state index in [4.69, 9.17) is 0 Å². The molecule has 3 nitrogen and oxygen atoms in total.